The van der Waals surface area contributed by atoms with Crippen LogP contribution < -0.4 is 10.2 Å². The number of aryl methyl sites for hydroxylation is 1. The molecule has 0 bridgehead atoms. The van der Waals surface area contributed by atoms with Crippen molar-refractivity contribution >= 4 is 55.7 Å². The molecule has 1 N–H and O–H groups in total. The van der Waals surface area contributed by atoms with Crippen LogP contribution >= 0.6 is 27.3 Å². The Morgan fingerprint density at radius 3 is 2.81 bits per heavy atom. The maximum atomic E-state index is 12.6. The molecule has 1 fully saturated rings. The van der Waals surface area contributed by atoms with Gasteiger partial charge in [-0.05, 0) is 53.5 Å². The molecule has 1 aromatic heterocycles. The van der Waals surface area contributed by atoms with Crippen LogP contribution in [-0.4, -0.2) is 30.9 Å². The van der Waals surface area contributed by atoms with E-state index in [9.17, 15) is 14.4 Å². The van der Waals surface area contributed by atoms with Crippen molar-refractivity contribution in [2.45, 2.75) is 20.3 Å². The minimum absolute atomic E-state index is 0.0865. The summed E-state index contributed by atoms with van der Waals surface area (Å²) < 4.78 is 5.83. The highest BCUT2D eigenvalue weighted by Gasteiger charge is 2.36. The second-order valence-electron chi connectivity index (χ2n) is 6.19. The highest BCUT2D eigenvalue weighted by molar-refractivity contribution is 9.10. The van der Waals surface area contributed by atoms with Gasteiger partial charge in [-0.2, -0.15) is 0 Å². The Kier molecular flexibility index (Phi) is 5.96. The number of carbonyl (C=O) groups is 3. The Labute approximate surface area is 169 Å². The number of anilines is 2. The molecule has 1 aliphatic rings. The Balaban J connectivity index is 1.69. The van der Waals surface area contributed by atoms with Crippen LogP contribution in [0.5, 0.6) is 0 Å². The maximum Gasteiger partial charge on any atom is 0.348 e. The monoisotopic (exact) mass is 450 g/mol. The van der Waals surface area contributed by atoms with Gasteiger partial charge in [0.1, 0.15) is 4.88 Å². The van der Waals surface area contributed by atoms with E-state index < -0.39 is 11.9 Å². The molecule has 0 saturated carbocycles. The number of halogens is 1. The summed E-state index contributed by atoms with van der Waals surface area (Å²) in [5.41, 5.74) is 1.51. The van der Waals surface area contributed by atoms with Crippen LogP contribution in [0.25, 0.3) is 0 Å². The maximum absolute atomic E-state index is 12.6. The molecule has 8 heteroatoms. The number of hydrogen-bond acceptors (Lipinski definition) is 5. The van der Waals surface area contributed by atoms with Gasteiger partial charge < -0.3 is 15.0 Å². The zero-order valence-corrected chi connectivity index (χ0v) is 17.4. The number of nitrogens with zero attached hydrogens (tertiary/aromatic N) is 1. The number of thiophene rings is 1. The molecule has 6 nitrogen and oxygen atoms in total. The molecule has 2 amide bonds. The number of ether oxygens (including phenoxy) is 1. The molecule has 27 heavy (non-hydrogen) atoms. The fourth-order valence-corrected chi connectivity index (χ4v) is 4.42. The molecule has 1 aliphatic heterocycles. The highest BCUT2D eigenvalue weighted by atomic mass is 79.9. The van der Waals surface area contributed by atoms with Crippen molar-refractivity contribution in [3.8, 4) is 0 Å². The third-order valence-corrected chi connectivity index (χ3v) is 6.07. The zero-order chi connectivity index (χ0) is 19.6. The topological polar surface area (TPSA) is 75.7 Å². The molecule has 142 valence electrons. The summed E-state index contributed by atoms with van der Waals surface area (Å²) in [6.07, 6.45) is 0.155. The van der Waals surface area contributed by atoms with E-state index in [1.54, 1.807) is 24.8 Å². The van der Waals surface area contributed by atoms with Gasteiger partial charge in [-0.1, -0.05) is 12.1 Å². The van der Waals surface area contributed by atoms with Gasteiger partial charge in [-0.25, -0.2) is 4.79 Å². The molecular weight excluding hydrogens is 432 g/mol. The number of hydrogen-bond donors (Lipinski definition) is 1. The molecule has 0 aliphatic carbocycles. The summed E-state index contributed by atoms with van der Waals surface area (Å²) in [5.74, 6) is -1.15. The first-order valence-electron chi connectivity index (χ1n) is 8.54. The smallest absolute Gasteiger partial charge is 0.348 e. The molecule has 2 aromatic rings. The third-order valence-electron chi connectivity index (χ3n) is 4.26. The van der Waals surface area contributed by atoms with E-state index in [1.807, 2.05) is 24.3 Å². The van der Waals surface area contributed by atoms with Gasteiger partial charge in [-0.15, -0.1) is 11.3 Å². The molecular formula is C19H19BrN2O4S. The Bertz CT molecular complexity index is 896. The van der Waals surface area contributed by atoms with Crippen LogP contribution in [0.3, 0.4) is 0 Å². The number of carbonyl (C=O) groups excluding carboxylic acids is 3. The number of para-hydroxylation sites is 1. The Morgan fingerprint density at radius 1 is 1.37 bits per heavy atom. The van der Waals surface area contributed by atoms with Gasteiger partial charge in [-0.3, -0.25) is 9.59 Å². The van der Waals surface area contributed by atoms with Gasteiger partial charge in [0.2, 0.25) is 11.8 Å². The summed E-state index contributed by atoms with van der Waals surface area (Å²) in [6.45, 7) is 4.17. The van der Waals surface area contributed by atoms with Crippen molar-refractivity contribution in [2.24, 2.45) is 5.92 Å². The number of benzene rings is 1. The van der Waals surface area contributed by atoms with E-state index in [2.05, 4.69) is 21.2 Å². The molecule has 2 heterocycles. The van der Waals surface area contributed by atoms with Gasteiger partial charge in [0.05, 0.1) is 23.2 Å². The van der Waals surface area contributed by atoms with Crippen molar-refractivity contribution in [1.82, 2.24) is 0 Å². The van der Waals surface area contributed by atoms with Crippen LogP contribution in [0.15, 0.2) is 34.8 Å². The summed E-state index contributed by atoms with van der Waals surface area (Å²) in [5, 5.41) is 3.41. The minimum Gasteiger partial charge on any atom is -0.462 e. The van der Waals surface area contributed by atoms with Gasteiger partial charge >= 0.3 is 5.97 Å². The first kappa shape index (κ1) is 19.6. The van der Waals surface area contributed by atoms with E-state index in [-0.39, 0.29) is 18.2 Å². The van der Waals surface area contributed by atoms with Gasteiger partial charge in [0, 0.05) is 17.4 Å². The largest absolute Gasteiger partial charge is 0.462 e. The lowest BCUT2D eigenvalue weighted by Gasteiger charge is -2.18. The van der Waals surface area contributed by atoms with E-state index in [0.717, 1.165) is 15.7 Å². The number of amides is 2. The van der Waals surface area contributed by atoms with E-state index in [1.165, 1.54) is 11.3 Å². The first-order chi connectivity index (χ1) is 12.9. The van der Waals surface area contributed by atoms with Crippen molar-refractivity contribution in [3.63, 3.8) is 0 Å². The van der Waals surface area contributed by atoms with E-state index in [4.69, 9.17) is 4.74 Å². The summed E-state index contributed by atoms with van der Waals surface area (Å²) in [7, 11) is 0. The lowest BCUT2D eigenvalue weighted by molar-refractivity contribution is -0.122. The molecule has 1 unspecified atom stereocenters. The number of nitrogens with one attached hydrogen (secondary N) is 1. The van der Waals surface area contributed by atoms with E-state index in [0.29, 0.717) is 23.0 Å². The normalized spacial score (nSPS) is 16.5. The molecule has 1 aromatic carbocycles. The molecule has 1 atom stereocenters. The number of rotatable bonds is 5. The number of esters is 1. The SMILES string of the molecule is CCOC(=O)c1sc(NC(=O)C2CC(=O)N(c3ccccc3Br)C2)cc1C. The van der Waals surface area contributed by atoms with Crippen LogP contribution in [0.1, 0.15) is 28.6 Å². The molecule has 0 spiro atoms. The predicted molar refractivity (Wildman–Crippen MR) is 108 cm³/mol. The van der Waals surface area contributed by atoms with Gasteiger partial charge in [0.15, 0.2) is 0 Å². The van der Waals surface area contributed by atoms with Gasteiger partial charge in [0.25, 0.3) is 0 Å². The average molecular weight is 451 g/mol. The van der Waals surface area contributed by atoms with Crippen LogP contribution in [0.2, 0.25) is 0 Å². The summed E-state index contributed by atoms with van der Waals surface area (Å²) >= 11 is 4.63. The van der Waals surface area contributed by atoms with Crippen molar-refractivity contribution in [2.75, 3.05) is 23.4 Å². The van der Waals surface area contributed by atoms with Crippen LogP contribution in [-0.2, 0) is 14.3 Å². The fraction of sp³-hybridized carbons (Fsp3) is 0.316. The minimum atomic E-state index is -0.446. The van der Waals surface area contributed by atoms with Crippen LogP contribution in [0.4, 0.5) is 10.7 Å². The van der Waals surface area contributed by atoms with Crippen molar-refractivity contribution in [3.05, 3.63) is 45.2 Å². The molecule has 1 saturated heterocycles. The lowest BCUT2D eigenvalue weighted by Crippen LogP contribution is -2.28. The predicted octanol–water partition coefficient (Wildman–Crippen LogP) is 3.99. The van der Waals surface area contributed by atoms with E-state index >= 15 is 0 Å². The first-order valence-corrected chi connectivity index (χ1v) is 10.1. The third kappa shape index (κ3) is 4.22. The van der Waals surface area contributed by atoms with Crippen molar-refractivity contribution in [1.29, 1.82) is 0 Å². The second kappa shape index (κ2) is 8.22. The standard InChI is InChI=1S/C19H19BrN2O4S/c1-3-26-19(25)17-11(2)8-15(27-17)21-18(24)12-9-16(23)22(10-12)14-7-5-4-6-13(14)20/h4-8,12H,3,9-10H2,1-2H3,(H,21,24). The fourth-order valence-electron chi connectivity index (χ4n) is 2.95. The van der Waals surface area contributed by atoms with Crippen molar-refractivity contribution < 1.29 is 19.1 Å². The lowest BCUT2D eigenvalue weighted by atomic mass is 10.1. The summed E-state index contributed by atoms with van der Waals surface area (Å²) in [6, 6.07) is 9.18. The van der Waals surface area contributed by atoms with Crippen LogP contribution in [0, 0.1) is 12.8 Å². The molecule has 3 rings (SSSR count). The highest BCUT2D eigenvalue weighted by Crippen LogP contribution is 2.33. The quantitative estimate of drug-likeness (QED) is 0.698. The summed E-state index contributed by atoms with van der Waals surface area (Å²) in [4.78, 5) is 39.0. The zero-order valence-electron chi connectivity index (χ0n) is 15.0. The second-order valence-corrected chi connectivity index (χ2v) is 8.10. The molecule has 0 radical (unpaired) electrons. The Hall–Kier alpha value is -2.19. The average Bonchev–Trinajstić information content (AvgIpc) is 3.18. The Morgan fingerprint density at radius 2 is 2.11 bits per heavy atom.